The molecule has 1 atom stereocenters. The van der Waals surface area contributed by atoms with E-state index in [1.807, 2.05) is 6.92 Å². The predicted molar refractivity (Wildman–Crippen MR) is 89.5 cm³/mol. The molecule has 1 unspecified atom stereocenters. The summed E-state index contributed by atoms with van der Waals surface area (Å²) in [7, 11) is -3.86. The molecule has 0 amide bonds. The number of carbonyl (C=O) groups is 1. The summed E-state index contributed by atoms with van der Waals surface area (Å²) >= 11 is 0. The number of nitrogens with one attached hydrogen (secondary N) is 2. The molecular formula is C16H20N2O5S. The first-order chi connectivity index (χ1) is 11.3. The van der Waals surface area contributed by atoms with Crippen LogP contribution in [0.1, 0.15) is 36.4 Å². The van der Waals surface area contributed by atoms with Gasteiger partial charge in [0.05, 0.1) is 24.1 Å². The molecule has 2 aromatic rings. The van der Waals surface area contributed by atoms with Crippen LogP contribution in [0.2, 0.25) is 0 Å². The summed E-state index contributed by atoms with van der Waals surface area (Å²) in [5.74, 6) is -0.553. The lowest BCUT2D eigenvalue weighted by Gasteiger charge is -2.16. The molecule has 0 radical (unpaired) electrons. The van der Waals surface area contributed by atoms with Crippen molar-refractivity contribution in [3.8, 4) is 0 Å². The SMILES string of the molecule is CCC(C)NS(=O)(=O)c1cc(C(=O)O)ccc1NCc1ccco1. The lowest BCUT2D eigenvalue weighted by molar-refractivity contribution is 0.0696. The number of sulfonamides is 1. The number of anilines is 1. The topological polar surface area (TPSA) is 109 Å². The fraction of sp³-hybridized carbons (Fsp3) is 0.312. The van der Waals surface area contributed by atoms with E-state index < -0.39 is 16.0 Å². The minimum absolute atomic E-state index is 0.0944. The van der Waals surface area contributed by atoms with Crippen molar-refractivity contribution in [2.24, 2.45) is 0 Å². The van der Waals surface area contributed by atoms with E-state index in [9.17, 15) is 13.2 Å². The van der Waals surface area contributed by atoms with E-state index >= 15 is 0 Å². The zero-order valence-corrected chi connectivity index (χ0v) is 14.3. The largest absolute Gasteiger partial charge is 0.478 e. The lowest BCUT2D eigenvalue weighted by Crippen LogP contribution is -2.32. The Balaban J connectivity index is 2.37. The minimum Gasteiger partial charge on any atom is -0.478 e. The maximum Gasteiger partial charge on any atom is 0.335 e. The van der Waals surface area contributed by atoms with Gasteiger partial charge < -0.3 is 14.8 Å². The van der Waals surface area contributed by atoms with Gasteiger partial charge in [-0.3, -0.25) is 0 Å². The van der Waals surface area contributed by atoms with E-state index in [0.717, 1.165) is 6.07 Å². The number of furan rings is 1. The lowest BCUT2D eigenvalue weighted by atomic mass is 10.2. The van der Waals surface area contributed by atoms with Gasteiger partial charge >= 0.3 is 5.97 Å². The van der Waals surface area contributed by atoms with E-state index in [-0.39, 0.29) is 23.0 Å². The molecule has 0 saturated carbocycles. The van der Waals surface area contributed by atoms with Crippen molar-refractivity contribution in [2.45, 2.75) is 37.8 Å². The van der Waals surface area contributed by atoms with Crippen LogP contribution in [0.25, 0.3) is 0 Å². The van der Waals surface area contributed by atoms with Gasteiger partial charge in [-0.05, 0) is 43.7 Å². The molecule has 0 spiro atoms. The number of hydrogen-bond donors (Lipinski definition) is 3. The predicted octanol–water partition coefficient (Wildman–Crippen LogP) is 2.67. The molecule has 0 fully saturated rings. The Morgan fingerprint density at radius 2 is 2.08 bits per heavy atom. The highest BCUT2D eigenvalue weighted by molar-refractivity contribution is 7.89. The fourth-order valence-electron chi connectivity index (χ4n) is 2.03. The number of carboxylic acids is 1. The van der Waals surface area contributed by atoms with Crippen molar-refractivity contribution in [3.05, 3.63) is 47.9 Å². The highest BCUT2D eigenvalue weighted by Gasteiger charge is 2.22. The molecule has 0 aliphatic heterocycles. The maximum absolute atomic E-state index is 12.6. The molecule has 1 aromatic carbocycles. The van der Waals surface area contributed by atoms with Crippen LogP contribution in [0.3, 0.4) is 0 Å². The molecule has 3 N–H and O–H groups in total. The molecule has 0 saturated heterocycles. The van der Waals surface area contributed by atoms with Crippen molar-refractivity contribution >= 4 is 21.7 Å². The van der Waals surface area contributed by atoms with E-state index in [1.165, 1.54) is 18.4 Å². The Kier molecular flexibility index (Phi) is 5.63. The Morgan fingerprint density at radius 1 is 1.33 bits per heavy atom. The van der Waals surface area contributed by atoms with E-state index in [1.54, 1.807) is 19.1 Å². The van der Waals surface area contributed by atoms with Crippen LogP contribution in [0.4, 0.5) is 5.69 Å². The number of benzene rings is 1. The summed E-state index contributed by atoms with van der Waals surface area (Å²) < 4.78 is 32.9. The van der Waals surface area contributed by atoms with E-state index in [2.05, 4.69) is 10.0 Å². The molecule has 24 heavy (non-hydrogen) atoms. The summed E-state index contributed by atoms with van der Waals surface area (Å²) in [6.45, 7) is 3.89. The first-order valence-corrected chi connectivity index (χ1v) is 8.97. The highest BCUT2D eigenvalue weighted by atomic mass is 32.2. The second-order valence-corrected chi connectivity index (χ2v) is 7.06. The Labute approximate surface area is 140 Å². The second-order valence-electron chi connectivity index (χ2n) is 5.38. The van der Waals surface area contributed by atoms with Gasteiger partial charge in [0.25, 0.3) is 0 Å². The third-order valence-electron chi connectivity index (χ3n) is 3.52. The molecule has 130 valence electrons. The van der Waals surface area contributed by atoms with Crippen molar-refractivity contribution in [1.29, 1.82) is 0 Å². The summed E-state index contributed by atoms with van der Waals surface area (Å²) in [6, 6.07) is 7.17. The van der Waals surface area contributed by atoms with Gasteiger partial charge in [0.2, 0.25) is 10.0 Å². The summed E-state index contributed by atoms with van der Waals surface area (Å²) in [5.41, 5.74) is 0.218. The molecule has 1 aromatic heterocycles. The van der Waals surface area contributed by atoms with Crippen LogP contribution in [0, 0.1) is 0 Å². The third-order valence-corrected chi connectivity index (χ3v) is 5.15. The van der Waals surface area contributed by atoms with Crippen LogP contribution in [-0.4, -0.2) is 25.5 Å². The van der Waals surface area contributed by atoms with Crippen molar-refractivity contribution in [2.75, 3.05) is 5.32 Å². The minimum atomic E-state index is -3.86. The molecular weight excluding hydrogens is 332 g/mol. The Morgan fingerprint density at radius 3 is 2.67 bits per heavy atom. The quantitative estimate of drug-likeness (QED) is 0.674. The van der Waals surface area contributed by atoms with E-state index in [0.29, 0.717) is 17.9 Å². The van der Waals surface area contributed by atoms with Gasteiger partial charge in [-0.1, -0.05) is 6.92 Å². The number of rotatable bonds is 8. The monoisotopic (exact) mass is 352 g/mol. The summed E-state index contributed by atoms with van der Waals surface area (Å²) in [5, 5.41) is 12.1. The summed E-state index contributed by atoms with van der Waals surface area (Å²) in [6.07, 6.45) is 2.14. The second kappa shape index (κ2) is 7.50. The van der Waals surface area contributed by atoms with Crippen LogP contribution in [-0.2, 0) is 16.6 Å². The van der Waals surface area contributed by atoms with Crippen molar-refractivity contribution in [1.82, 2.24) is 4.72 Å². The molecule has 7 nitrogen and oxygen atoms in total. The molecule has 1 heterocycles. The van der Waals surface area contributed by atoms with E-state index in [4.69, 9.17) is 9.52 Å². The van der Waals surface area contributed by atoms with Crippen LogP contribution in [0.5, 0.6) is 0 Å². The zero-order chi connectivity index (χ0) is 17.7. The summed E-state index contributed by atoms with van der Waals surface area (Å²) in [4.78, 5) is 11.1. The van der Waals surface area contributed by atoms with Crippen molar-refractivity contribution < 1.29 is 22.7 Å². The van der Waals surface area contributed by atoms with Gasteiger partial charge in [-0.25, -0.2) is 17.9 Å². The average Bonchev–Trinajstić information content (AvgIpc) is 3.05. The standard InChI is InChI=1S/C16H20N2O5S/c1-3-11(2)18-24(21,22)15-9-12(16(19)20)6-7-14(15)17-10-13-5-4-8-23-13/h4-9,11,17-18H,3,10H2,1-2H3,(H,19,20). The Bertz CT molecular complexity index is 800. The van der Waals surface area contributed by atoms with Gasteiger partial charge in [-0.2, -0.15) is 0 Å². The van der Waals surface area contributed by atoms with Gasteiger partial charge in [0.1, 0.15) is 10.7 Å². The molecule has 0 bridgehead atoms. The first kappa shape index (κ1) is 18.0. The Hall–Kier alpha value is -2.32. The number of carboxylic acid groups (broad SMARTS) is 1. The van der Waals surface area contributed by atoms with Crippen LogP contribution < -0.4 is 10.0 Å². The molecule has 2 rings (SSSR count). The van der Waals surface area contributed by atoms with Crippen LogP contribution in [0.15, 0.2) is 45.9 Å². The average molecular weight is 352 g/mol. The third kappa shape index (κ3) is 4.36. The molecule has 0 aliphatic rings. The van der Waals surface area contributed by atoms with Gasteiger partial charge in [-0.15, -0.1) is 0 Å². The number of hydrogen-bond acceptors (Lipinski definition) is 5. The van der Waals surface area contributed by atoms with Gasteiger partial charge in [0.15, 0.2) is 0 Å². The van der Waals surface area contributed by atoms with Crippen molar-refractivity contribution in [3.63, 3.8) is 0 Å². The molecule has 0 aliphatic carbocycles. The normalized spacial score (nSPS) is 12.8. The molecule has 8 heteroatoms. The smallest absolute Gasteiger partial charge is 0.335 e. The first-order valence-electron chi connectivity index (χ1n) is 7.49. The van der Waals surface area contributed by atoms with Crippen LogP contribution >= 0.6 is 0 Å². The van der Waals surface area contributed by atoms with Gasteiger partial charge in [0, 0.05) is 6.04 Å². The maximum atomic E-state index is 12.6. The fourth-order valence-corrected chi connectivity index (χ4v) is 3.57. The highest BCUT2D eigenvalue weighted by Crippen LogP contribution is 2.24. The number of aromatic carboxylic acids is 1. The zero-order valence-electron chi connectivity index (χ0n) is 13.4.